The molecule has 1 atom stereocenters. The van der Waals surface area contributed by atoms with Crippen LogP contribution < -0.4 is 10.1 Å². The first kappa shape index (κ1) is 18.7. The van der Waals surface area contributed by atoms with Gasteiger partial charge in [-0.25, -0.2) is 0 Å². The lowest BCUT2D eigenvalue weighted by Gasteiger charge is -2.28. The molecule has 3 rings (SSSR count). The second-order valence-electron chi connectivity index (χ2n) is 7.34. The minimum Gasteiger partial charge on any atom is -0.494 e. The van der Waals surface area contributed by atoms with Crippen molar-refractivity contribution in [2.24, 2.45) is 0 Å². The molecule has 1 saturated heterocycles. The molecule has 0 spiro atoms. The van der Waals surface area contributed by atoms with Crippen molar-refractivity contribution in [3.05, 3.63) is 29.8 Å². The van der Waals surface area contributed by atoms with Crippen LogP contribution in [0.1, 0.15) is 57.4 Å². The molecule has 5 nitrogen and oxygen atoms in total. The molecular formula is C21H30N2O3. The van der Waals surface area contributed by atoms with Gasteiger partial charge in [-0.1, -0.05) is 31.4 Å². The molecule has 1 heterocycles. The normalized spacial score (nSPS) is 20.8. The largest absolute Gasteiger partial charge is 0.494 e. The minimum absolute atomic E-state index is 0.0365. The molecule has 1 saturated carbocycles. The van der Waals surface area contributed by atoms with Gasteiger partial charge in [0.15, 0.2) is 0 Å². The lowest BCUT2D eigenvalue weighted by atomic mass is 9.95. The van der Waals surface area contributed by atoms with E-state index < -0.39 is 0 Å². The van der Waals surface area contributed by atoms with E-state index in [2.05, 4.69) is 5.32 Å². The molecule has 26 heavy (non-hydrogen) atoms. The van der Waals surface area contributed by atoms with E-state index in [0.29, 0.717) is 25.6 Å². The van der Waals surface area contributed by atoms with Crippen LogP contribution in [0.5, 0.6) is 5.75 Å². The van der Waals surface area contributed by atoms with E-state index in [4.69, 9.17) is 4.74 Å². The van der Waals surface area contributed by atoms with Crippen molar-refractivity contribution in [3.63, 3.8) is 0 Å². The molecule has 5 heteroatoms. The van der Waals surface area contributed by atoms with Crippen LogP contribution in [0.15, 0.2) is 24.3 Å². The number of nitrogens with one attached hydrogen (secondary N) is 1. The number of carbonyl (C=O) groups excluding carboxylic acids is 2. The first-order valence-electron chi connectivity index (χ1n) is 9.99. The van der Waals surface area contributed by atoms with Gasteiger partial charge in [0.1, 0.15) is 11.8 Å². The molecular weight excluding hydrogens is 328 g/mol. The molecule has 1 aromatic rings. The number of benzene rings is 1. The van der Waals surface area contributed by atoms with Crippen LogP contribution in [0.4, 0.5) is 0 Å². The molecule has 1 N–H and O–H groups in total. The van der Waals surface area contributed by atoms with Gasteiger partial charge in [-0.05, 0) is 50.3 Å². The summed E-state index contributed by atoms with van der Waals surface area (Å²) in [7, 11) is 0. The fraction of sp³-hybridized carbons (Fsp3) is 0.619. The Hall–Kier alpha value is -2.04. The van der Waals surface area contributed by atoms with Gasteiger partial charge in [0.05, 0.1) is 13.0 Å². The van der Waals surface area contributed by atoms with Crippen molar-refractivity contribution in [3.8, 4) is 5.75 Å². The average Bonchev–Trinajstić information content (AvgIpc) is 3.14. The van der Waals surface area contributed by atoms with Crippen LogP contribution in [-0.2, 0) is 16.0 Å². The van der Waals surface area contributed by atoms with E-state index in [1.54, 1.807) is 4.90 Å². The number of carbonyl (C=O) groups is 2. The van der Waals surface area contributed by atoms with Gasteiger partial charge in [0, 0.05) is 12.6 Å². The Labute approximate surface area is 156 Å². The van der Waals surface area contributed by atoms with E-state index in [0.717, 1.165) is 37.0 Å². The van der Waals surface area contributed by atoms with Crippen molar-refractivity contribution in [1.29, 1.82) is 0 Å². The van der Waals surface area contributed by atoms with Crippen molar-refractivity contribution in [2.45, 2.75) is 70.4 Å². The van der Waals surface area contributed by atoms with Gasteiger partial charge >= 0.3 is 0 Å². The summed E-state index contributed by atoms with van der Waals surface area (Å²) in [6.07, 6.45) is 7.79. The zero-order valence-electron chi connectivity index (χ0n) is 15.7. The maximum atomic E-state index is 12.7. The number of hydrogen-bond acceptors (Lipinski definition) is 3. The monoisotopic (exact) mass is 358 g/mol. The summed E-state index contributed by atoms with van der Waals surface area (Å²) >= 11 is 0. The molecule has 2 fully saturated rings. The fourth-order valence-electron chi connectivity index (χ4n) is 4.03. The minimum atomic E-state index is -0.299. The van der Waals surface area contributed by atoms with Crippen LogP contribution in [0.2, 0.25) is 0 Å². The van der Waals surface area contributed by atoms with Crippen LogP contribution in [0.25, 0.3) is 0 Å². The molecule has 2 aliphatic rings. The first-order valence-corrected chi connectivity index (χ1v) is 9.99. The van der Waals surface area contributed by atoms with Crippen LogP contribution >= 0.6 is 0 Å². The van der Waals surface area contributed by atoms with E-state index in [-0.39, 0.29) is 17.9 Å². The van der Waals surface area contributed by atoms with Crippen LogP contribution in [0.3, 0.4) is 0 Å². The predicted molar refractivity (Wildman–Crippen MR) is 101 cm³/mol. The maximum Gasteiger partial charge on any atom is 0.243 e. The van der Waals surface area contributed by atoms with E-state index in [1.165, 1.54) is 19.3 Å². The van der Waals surface area contributed by atoms with E-state index in [1.807, 2.05) is 31.2 Å². The molecule has 0 aromatic heterocycles. The maximum absolute atomic E-state index is 12.7. The number of amides is 2. The molecule has 1 aromatic carbocycles. The third kappa shape index (κ3) is 4.77. The molecule has 0 bridgehead atoms. The lowest BCUT2D eigenvalue weighted by Crippen LogP contribution is -2.49. The second-order valence-corrected chi connectivity index (χ2v) is 7.34. The van der Waals surface area contributed by atoms with Crippen molar-refractivity contribution >= 4 is 11.8 Å². The zero-order chi connectivity index (χ0) is 18.4. The number of likely N-dealkylation sites (tertiary alicyclic amines) is 1. The fourth-order valence-corrected chi connectivity index (χ4v) is 4.03. The summed E-state index contributed by atoms with van der Waals surface area (Å²) in [4.78, 5) is 27.2. The van der Waals surface area contributed by atoms with Crippen molar-refractivity contribution in [2.75, 3.05) is 13.2 Å². The molecule has 1 aliphatic carbocycles. The summed E-state index contributed by atoms with van der Waals surface area (Å²) < 4.78 is 5.44. The van der Waals surface area contributed by atoms with Gasteiger partial charge in [-0.2, -0.15) is 0 Å². The summed E-state index contributed by atoms with van der Waals surface area (Å²) in [6.45, 7) is 3.26. The summed E-state index contributed by atoms with van der Waals surface area (Å²) in [6, 6.07) is 7.63. The Balaban J connectivity index is 1.56. The number of ether oxygens (including phenoxy) is 1. The SMILES string of the molecule is CCOc1ccc(CC(=O)N2CCC[C@@H]2C(=O)NC2CCCCC2)cc1. The summed E-state index contributed by atoms with van der Waals surface area (Å²) in [5.41, 5.74) is 0.955. The van der Waals surface area contributed by atoms with Crippen LogP contribution in [0, 0.1) is 0 Å². The number of nitrogens with zero attached hydrogens (tertiary/aromatic N) is 1. The summed E-state index contributed by atoms with van der Waals surface area (Å²) in [5, 5.41) is 3.18. The van der Waals surface area contributed by atoms with Crippen molar-refractivity contribution < 1.29 is 14.3 Å². The average molecular weight is 358 g/mol. The van der Waals surface area contributed by atoms with Crippen molar-refractivity contribution in [1.82, 2.24) is 10.2 Å². The van der Waals surface area contributed by atoms with Crippen LogP contribution in [-0.4, -0.2) is 41.9 Å². The smallest absolute Gasteiger partial charge is 0.243 e. The van der Waals surface area contributed by atoms with Gasteiger partial charge < -0.3 is 15.0 Å². The molecule has 2 amide bonds. The predicted octanol–water partition coefficient (Wildman–Crippen LogP) is 3.07. The highest BCUT2D eigenvalue weighted by Crippen LogP contribution is 2.22. The Bertz CT molecular complexity index is 608. The van der Waals surface area contributed by atoms with Gasteiger partial charge in [-0.15, -0.1) is 0 Å². The van der Waals surface area contributed by atoms with Gasteiger partial charge in [0.25, 0.3) is 0 Å². The number of hydrogen-bond donors (Lipinski definition) is 1. The first-order chi connectivity index (χ1) is 12.7. The third-order valence-corrected chi connectivity index (χ3v) is 5.42. The molecule has 0 radical (unpaired) electrons. The highest BCUT2D eigenvalue weighted by atomic mass is 16.5. The Morgan fingerprint density at radius 3 is 2.50 bits per heavy atom. The van der Waals surface area contributed by atoms with E-state index >= 15 is 0 Å². The van der Waals surface area contributed by atoms with E-state index in [9.17, 15) is 9.59 Å². The lowest BCUT2D eigenvalue weighted by molar-refractivity contribution is -0.138. The Morgan fingerprint density at radius 2 is 1.81 bits per heavy atom. The van der Waals surface area contributed by atoms with Gasteiger partial charge in [-0.3, -0.25) is 9.59 Å². The quantitative estimate of drug-likeness (QED) is 0.850. The molecule has 0 unspecified atom stereocenters. The highest BCUT2D eigenvalue weighted by Gasteiger charge is 2.34. The Morgan fingerprint density at radius 1 is 1.08 bits per heavy atom. The third-order valence-electron chi connectivity index (χ3n) is 5.42. The number of rotatable bonds is 6. The molecule has 142 valence electrons. The topological polar surface area (TPSA) is 58.6 Å². The summed E-state index contributed by atoms with van der Waals surface area (Å²) in [5.74, 6) is 0.888. The second kappa shape index (κ2) is 9.06. The Kier molecular flexibility index (Phi) is 6.53. The van der Waals surface area contributed by atoms with Gasteiger partial charge in [0.2, 0.25) is 11.8 Å². The molecule has 1 aliphatic heterocycles. The standard InChI is InChI=1S/C21H30N2O3/c1-2-26-18-12-10-16(11-13-18)15-20(24)23-14-6-9-19(23)21(25)22-17-7-4-3-5-8-17/h10-13,17,19H,2-9,14-15H2,1H3,(H,22,25)/t19-/m1/s1. The highest BCUT2D eigenvalue weighted by molar-refractivity contribution is 5.89. The zero-order valence-corrected chi connectivity index (χ0v) is 15.7.